The van der Waals surface area contributed by atoms with Crippen LogP contribution in [0.3, 0.4) is 0 Å². The number of ether oxygens (including phenoxy) is 1. The molecule has 0 saturated heterocycles. The number of carbonyl (C=O) groups excluding carboxylic acids is 1. The molecule has 0 fully saturated rings. The zero-order chi connectivity index (χ0) is 10.1. The van der Waals surface area contributed by atoms with Gasteiger partial charge in [-0.1, -0.05) is 0 Å². The van der Waals surface area contributed by atoms with Crippen LogP contribution in [0.1, 0.15) is 10.4 Å². The summed E-state index contributed by atoms with van der Waals surface area (Å²) in [5.74, 6) is -1.39. The van der Waals surface area contributed by atoms with Crippen LogP contribution >= 0.6 is 0 Å². The molecule has 0 spiro atoms. The fourth-order valence-corrected chi connectivity index (χ4v) is 1.09. The smallest absolute Gasteiger partial charge is 0.337 e. The van der Waals surface area contributed by atoms with Crippen LogP contribution in [0, 0.1) is 0 Å². The lowest BCUT2D eigenvalue weighted by Crippen LogP contribution is -2.25. The number of carboxylic acid groups (broad SMARTS) is 1. The van der Waals surface area contributed by atoms with Crippen LogP contribution in [0.4, 0.5) is 5.69 Å². The summed E-state index contributed by atoms with van der Waals surface area (Å²) in [5, 5.41) is 11.4. The monoisotopic (exact) mass is 194 g/mol. The molecular weight excluding hydrogens is 188 g/mol. The molecule has 1 aliphatic heterocycles. The Labute approximate surface area is 78.5 Å². The highest BCUT2D eigenvalue weighted by Crippen LogP contribution is 2.25. The summed E-state index contributed by atoms with van der Waals surface area (Å²) in [4.78, 5) is 25.1. The average Bonchev–Trinajstić information content (AvgIpc) is 2.16. The number of rotatable bonds is 1. The summed E-state index contributed by atoms with van der Waals surface area (Å²) in [5.41, 5.74) is 0.471. The Morgan fingerprint density at radius 1 is 1.64 bits per heavy atom. The summed E-state index contributed by atoms with van der Waals surface area (Å²) >= 11 is 0. The zero-order valence-electron chi connectivity index (χ0n) is 6.98. The predicted octanol–water partition coefficient (Wildman–Crippen LogP) is 0.111. The lowest BCUT2D eigenvalue weighted by atomic mass is 10.2. The summed E-state index contributed by atoms with van der Waals surface area (Å²) < 4.78 is 4.76. The Hall–Kier alpha value is -2.11. The summed E-state index contributed by atoms with van der Waals surface area (Å²) in [6.07, 6.45) is 1.14. The van der Waals surface area contributed by atoms with Crippen LogP contribution in [-0.2, 0) is 4.79 Å². The molecule has 2 heterocycles. The molecule has 2 N–H and O–H groups in total. The van der Waals surface area contributed by atoms with E-state index in [4.69, 9.17) is 9.84 Å². The first-order valence-electron chi connectivity index (χ1n) is 3.85. The van der Waals surface area contributed by atoms with Crippen molar-refractivity contribution in [2.75, 3.05) is 11.9 Å². The van der Waals surface area contributed by atoms with Crippen molar-refractivity contribution in [2.45, 2.75) is 0 Å². The summed E-state index contributed by atoms with van der Waals surface area (Å²) in [6, 6.07) is 1.37. The highest BCUT2D eigenvalue weighted by Gasteiger charge is 2.19. The molecule has 0 aliphatic carbocycles. The fraction of sp³-hybridized carbons (Fsp3) is 0.125. The van der Waals surface area contributed by atoms with E-state index < -0.39 is 11.9 Å². The molecule has 0 atom stereocenters. The Bertz CT molecular complexity index is 416. The molecule has 1 aromatic heterocycles. The Morgan fingerprint density at radius 2 is 2.43 bits per heavy atom. The normalized spacial score (nSPS) is 13.9. The van der Waals surface area contributed by atoms with E-state index in [-0.39, 0.29) is 18.0 Å². The molecule has 6 heteroatoms. The summed E-state index contributed by atoms with van der Waals surface area (Å²) in [6.45, 7) is 0.0255. The van der Waals surface area contributed by atoms with Gasteiger partial charge in [-0.2, -0.15) is 0 Å². The van der Waals surface area contributed by atoms with E-state index in [1.54, 1.807) is 0 Å². The van der Waals surface area contributed by atoms with Crippen LogP contribution in [0.15, 0.2) is 12.3 Å². The fourth-order valence-electron chi connectivity index (χ4n) is 1.09. The average molecular weight is 194 g/mol. The third-order valence-electron chi connectivity index (χ3n) is 1.73. The maximum absolute atomic E-state index is 10.8. The van der Waals surface area contributed by atoms with Gasteiger partial charge in [0.1, 0.15) is 6.54 Å². The number of nitrogens with one attached hydrogen (secondary N) is 1. The molecule has 0 bridgehead atoms. The molecule has 0 unspecified atom stereocenters. The number of anilines is 1. The Morgan fingerprint density at radius 3 is 3.14 bits per heavy atom. The number of pyridine rings is 1. The van der Waals surface area contributed by atoms with Gasteiger partial charge in [0.2, 0.25) is 5.88 Å². The van der Waals surface area contributed by atoms with E-state index in [1.807, 2.05) is 0 Å². The summed E-state index contributed by atoms with van der Waals surface area (Å²) in [7, 11) is 0. The molecule has 0 saturated carbocycles. The topological polar surface area (TPSA) is 88.5 Å². The number of hydrogen-bond acceptors (Lipinski definition) is 5. The van der Waals surface area contributed by atoms with Crippen LogP contribution in [-0.4, -0.2) is 28.6 Å². The number of fused-ring (bicyclic) bond motifs is 1. The lowest BCUT2D eigenvalue weighted by molar-refractivity contribution is -0.133. The maximum atomic E-state index is 10.8. The predicted molar refractivity (Wildman–Crippen MR) is 45.3 cm³/mol. The molecule has 0 radical (unpaired) electrons. The molecule has 0 aromatic carbocycles. The van der Waals surface area contributed by atoms with Crippen LogP contribution in [0.5, 0.6) is 5.88 Å². The molecule has 6 nitrogen and oxygen atoms in total. The molecule has 1 aromatic rings. The number of carbonyl (C=O) groups is 2. The Balaban J connectivity index is 2.41. The second-order valence-electron chi connectivity index (χ2n) is 2.71. The largest absolute Gasteiger partial charge is 0.478 e. The van der Waals surface area contributed by atoms with Gasteiger partial charge in [-0.05, 0) is 6.07 Å². The van der Waals surface area contributed by atoms with E-state index in [9.17, 15) is 9.59 Å². The van der Waals surface area contributed by atoms with Gasteiger partial charge < -0.3 is 15.2 Å². The van der Waals surface area contributed by atoms with Crippen molar-refractivity contribution in [3.05, 3.63) is 17.8 Å². The number of carboxylic acids is 1. The molecular formula is C8H6N2O4. The second kappa shape index (κ2) is 2.99. The second-order valence-corrected chi connectivity index (χ2v) is 2.71. The first-order chi connectivity index (χ1) is 6.66. The van der Waals surface area contributed by atoms with Gasteiger partial charge in [-0.25, -0.2) is 14.6 Å². The van der Waals surface area contributed by atoms with Gasteiger partial charge in [0.15, 0.2) is 0 Å². The number of esters is 1. The number of hydrogen-bond donors (Lipinski definition) is 2. The minimum atomic E-state index is -1.07. The van der Waals surface area contributed by atoms with Crippen LogP contribution in [0.2, 0.25) is 0 Å². The SMILES string of the molecule is O=C1CNc2cc(C(=O)O)cnc2O1. The molecule has 1 aliphatic rings. The van der Waals surface area contributed by atoms with Crippen molar-refractivity contribution in [1.82, 2.24) is 4.98 Å². The molecule has 14 heavy (non-hydrogen) atoms. The van der Waals surface area contributed by atoms with Gasteiger partial charge in [0.25, 0.3) is 0 Å². The van der Waals surface area contributed by atoms with E-state index >= 15 is 0 Å². The third-order valence-corrected chi connectivity index (χ3v) is 1.73. The minimum absolute atomic E-state index is 0.0255. The quantitative estimate of drug-likeness (QED) is 0.617. The molecule has 2 rings (SSSR count). The number of aromatic nitrogens is 1. The first kappa shape index (κ1) is 8.49. The molecule has 0 amide bonds. The highest BCUT2D eigenvalue weighted by molar-refractivity contribution is 5.90. The van der Waals surface area contributed by atoms with E-state index in [0.717, 1.165) is 6.20 Å². The van der Waals surface area contributed by atoms with Crippen molar-refractivity contribution in [1.29, 1.82) is 0 Å². The Kier molecular flexibility index (Phi) is 1.81. The van der Waals surface area contributed by atoms with Crippen molar-refractivity contribution in [3.8, 4) is 5.88 Å². The van der Waals surface area contributed by atoms with Crippen LogP contribution < -0.4 is 10.1 Å². The van der Waals surface area contributed by atoms with Crippen molar-refractivity contribution in [2.24, 2.45) is 0 Å². The van der Waals surface area contributed by atoms with Crippen molar-refractivity contribution in [3.63, 3.8) is 0 Å². The lowest BCUT2D eigenvalue weighted by Gasteiger charge is -2.15. The van der Waals surface area contributed by atoms with E-state index in [2.05, 4.69) is 10.3 Å². The van der Waals surface area contributed by atoms with Crippen molar-refractivity contribution >= 4 is 17.6 Å². The first-order valence-corrected chi connectivity index (χ1v) is 3.85. The standard InChI is InChI=1S/C8H6N2O4/c11-6-3-9-5-1-4(8(12)13)2-10-7(5)14-6/h1-2,9H,3H2,(H,12,13). The number of nitrogens with zero attached hydrogens (tertiary/aromatic N) is 1. The van der Waals surface area contributed by atoms with Crippen molar-refractivity contribution < 1.29 is 19.4 Å². The van der Waals surface area contributed by atoms with Gasteiger partial charge in [0, 0.05) is 6.20 Å². The van der Waals surface area contributed by atoms with E-state index in [1.165, 1.54) is 6.07 Å². The van der Waals surface area contributed by atoms with Gasteiger partial charge in [-0.3, -0.25) is 0 Å². The van der Waals surface area contributed by atoms with Crippen LogP contribution in [0.25, 0.3) is 0 Å². The van der Waals surface area contributed by atoms with Gasteiger partial charge >= 0.3 is 11.9 Å². The highest BCUT2D eigenvalue weighted by atomic mass is 16.5. The minimum Gasteiger partial charge on any atom is -0.478 e. The molecule has 72 valence electrons. The zero-order valence-corrected chi connectivity index (χ0v) is 6.98. The number of aromatic carboxylic acids is 1. The van der Waals surface area contributed by atoms with E-state index in [0.29, 0.717) is 5.69 Å². The third kappa shape index (κ3) is 1.37. The maximum Gasteiger partial charge on any atom is 0.337 e. The van der Waals surface area contributed by atoms with Gasteiger partial charge in [0.05, 0.1) is 11.3 Å². The van der Waals surface area contributed by atoms with Gasteiger partial charge in [-0.15, -0.1) is 0 Å².